The molecule has 1 aliphatic heterocycles. The molecule has 4 rings (SSSR count). The summed E-state index contributed by atoms with van der Waals surface area (Å²) in [6.45, 7) is 1.61. The Morgan fingerprint density at radius 1 is 1.15 bits per heavy atom. The van der Waals surface area contributed by atoms with Crippen molar-refractivity contribution in [1.82, 2.24) is 20.6 Å². The Hall–Kier alpha value is -2.70. The van der Waals surface area contributed by atoms with Crippen LogP contribution in [-0.2, 0) is 0 Å². The van der Waals surface area contributed by atoms with Crippen LogP contribution >= 0.6 is 0 Å². The Bertz CT molecular complexity index is 754. The van der Waals surface area contributed by atoms with Crippen LogP contribution in [0.2, 0.25) is 0 Å². The van der Waals surface area contributed by atoms with Crippen molar-refractivity contribution in [3.63, 3.8) is 0 Å². The smallest absolute Gasteiger partial charge is 0.315 e. The van der Waals surface area contributed by atoms with Crippen molar-refractivity contribution in [2.45, 2.75) is 37.3 Å². The molecule has 1 saturated heterocycles. The van der Waals surface area contributed by atoms with E-state index in [0.717, 1.165) is 31.4 Å². The van der Waals surface area contributed by atoms with E-state index in [1.165, 1.54) is 12.1 Å². The predicted molar refractivity (Wildman–Crippen MR) is 96.5 cm³/mol. The number of piperidine rings is 1. The SMILES string of the molecule is O=C(N[C@@H]1CCCN(c2ncccn2)C1)N[C@H]1C[C@H]1c1ccc(F)cc1. The number of aromatic nitrogens is 2. The molecule has 26 heavy (non-hydrogen) atoms. The second kappa shape index (κ2) is 7.27. The van der Waals surface area contributed by atoms with Crippen LogP contribution in [0.4, 0.5) is 15.1 Å². The number of nitrogens with one attached hydrogen (secondary N) is 2. The van der Waals surface area contributed by atoms with Gasteiger partial charge in [-0.05, 0) is 43.0 Å². The minimum Gasteiger partial charge on any atom is -0.339 e. The first-order chi connectivity index (χ1) is 12.7. The van der Waals surface area contributed by atoms with Gasteiger partial charge in [0.1, 0.15) is 5.82 Å². The van der Waals surface area contributed by atoms with Gasteiger partial charge in [0.05, 0.1) is 0 Å². The lowest BCUT2D eigenvalue weighted by Crippen LogP contribution is -2.51. The highest BCUT2D eigenvalue weighted by molar-refractivity contribution is 5.75. The lowest BCUT2D eigenvalue weighted by atomic mass is 10.1. The quantitative estimate of drug-likeness (QED) is 0.884. The van der Waals surface area contributed by atoms with E-state index < -0.39 is 0 Å². The van der Waals surface area contributed by atoms with Gasteiger partial charge in [0.2, 0.25) is 5.95 Å². The predicted octanol–water partition coefficient (Wildman–Crippen LogP) is 2.44. The molecule has 2 fully saturated rings. The minimum atomic E-state index is -0.235. The van der Waals surface area contributed by atoms with Crippen LogP contribution in [-0.4, -0.2) is 41.2 Å². The molecule has 0 radical (unpaired) electrons. The second-order valence-corrected chi connectivity index (χ2v) is 6.95. The van der Waals surface area contributed by atoms with E-state index in [1.54, 1.807) is 30.6 Å². The molecule has 1 aromatic carbocycles. The van der Waals surface area contributed by atoms with Crippen LogP contribution < -0.4 is 15.5 Å². The molecule has 0 unspecified atom stereocenters. The highest BCUT2D eigenvalue weighted by Crippen LogP contribution is 2.40. The highest BCUT2D eigenvalue weighted by atomic mass is 19.1. The number of anilines is 1. The third kappa shape index (κ3) is 3.92. The third-order valence-electron chi connectivity index (χ3n) is 5.00. The maximum Gasteiger partial charge on any atom is 0.315 e. The van der Waals surface area contributed by atoms with Gasteiger partial charge in [-0.15, -0.1) is 0 Å². The van der Waals surface area contributed by atoms with E-state index in [1.807, 2.05) is 0 Å². The van der Waals surface area contributed by atoms with Gasteiger partial charge in [0.25, 0.3) is 0 Å². The zero-order valence-corrected chi connectivity index (χ0v) is 14.4. The average molecular weight is 355 g/mol. The summed E-state index contributed by atoms with van der Waals surface area (Å²) < 4.78 is 13.0. The van der Waals surface area contributed by atoms with Gasteiger partial charge in [-0.1, -0.05) is 12.1 Å². The summed E-state index contributed by atoms with van der Waals surface area (Å²) in [6.07, 6.45) is 6.30. The van der Waals surface area contributed by atoms with Gasteiger partial charge in [-0.25, -0.2) is 19.2 Å². The monoisotopic (exact) mass is 355 g/mol. The fourth-order valence-corrected chi connectivity index (χ4v) is 3.56. The number of carbonyl (C=O) groups is 1. The second-order valence-electron chi connectivity index (χ2n) is 6.95. The fraction of sp³-hybridized carbons (Fsp3) is 0.421. The van der Waals surface area contributed by atoms with E-state index >= 15 is 0 Å². The first-order valence-electron chi connectivity index (χ1n) is 9.03. The molecule has 7 heteroatoms. The average Bonchev–Trinajstić information content (AvgIpc) is 3.42. The van der Waals surface area contributed by atoms with Crippen molar-refractivity contribution in [3.05, 3.63) is 54.1 Å². The van der Waals surface area contributed by atoms with E-state index in [4.69, 9.17) is 0 Å². The van der Waals surface area contributed by atoms with Crippen LogP contribution in [0, 0.1) is 5.82 Å². The minimum absolute atomic E-state index is 0.0792. The summed E-state index contributed by atoms with van der Waals surface area (Å²) >= 11 is 0. The van der Waals surface area contributed by atoms with Gasteiger partial charge in [0, 0.05) is 43.5 Å². The molecule has 136 valence electrons. The fourth-order valence-electron chi connectivity index (χ4n) is 3.56. The highest BCUT2D eigenvalue weighted by Gasteiger charge is 2.39. The van der Waals surface area contributed by atoms with Crippen LogP contribution in [0.25, 0.3) is 0 Å². The number of amides is 2. The van der Waals surface area contributed by atoms with E-state index in [-0.39, 0.29) is 29.8 Å². The molecule has 2 aliphatic rings. The van der Waals surface area contributed by atoms with E-state index in [9.17, 15) is 9.18 Å². The van der Waals surface area contributed by atoms with Crippen LogP contribution in [0.1, 0.15) is 30.7 Å². The number of urea groups is 1. The third-order valence-corrected chi connectivity index (χ3v) is 5.00. The number of carbonyl (C=O) groups excluding carboxylic acids is 1. The molecule has 1 aliphatic carbocycles. The molecule has 6 nitrogen and oxygen atoms in total. The van der Waals surface area contributed by atoms with Gasteiger partial charge < -0.3 is 15.5 Å². The number of benzene rings is 1. The molecule has 0 spiro atoms. The molecule has 3 atom stereocenters. The first-order valence-corrected chi connectivity index (χ1v) is 9.03. The molecule has 1 aromatic heterocycles. The summed E-state index contributed by atoms with van der Waals surface area (Å²) in [5, 5.41) is 6.09. The Kier molecular flexibility index (Phi) is 4.69. The largest absolute Gasteiger partial charge is 0.339 e. The van der Waals surface area contributed by atoms with Crippen LogP contribution in [0.3, 0.4) is 0 Å². The van der Waals surface area contributed by atoms with Crippen LogP contribution in [0.5, 0.6) is 0 Å². The topological polar surface area (TPSA) is 70.2 Å². The van der Waals surface area contributed by atoms with E-state index in [0.29, 0.717) is 12.5 Å². The maximum absolute atomic E-state index is 13.0. The van der Waals surface area contributed by atoms with Gasteiger partial charge >= 0.3 is 6.03 Å². The summed E-state index contributed by atoms with van der Waals surface area (Å²) in [4.78, 5) is 23.0. The zero-order valence-electron chi connectivity index (χ0n) is 14.4. The molecular weight excluding hydrogens is 333 g/mol. The Morgan fingerprint density at radius 2 is 1.92 bits per heavy atom. The number of hydrogen-bond donors (Lipinski definition) is 2. The van der Waals surface area contributed by atoms with Gasteiger partial charge in [0.15, 0.2) is 0 Å². The van der Waals surface area contributed by atoms with Gasteiger partial charge in [-0.2, -0.15) is 0 Å². The van der Waals surface area contributed by atoms with Crippen LogP contribution in [0.15, 0.2) is 42.7 Å². The number of nitrogens with zero attached hydrogens (tertiary/aromatic N) is 3. The number of hydrogen-bond acceptors (Lipinski definition) is 4. The van der Waals surface area contributed by atoms with Crippen molar-refractivity contribution in [2.75, 3.05) is 18.0 Å². The number of rotatable bonds is 4. The van der Waals surface area contributed by atoms with Gasteiger partial charge in [-0.3, -0.25) is 0 Å². The Morgan fingerprint density at radius 3 is 2.69 bits per heavy atom. The van der Waals surface area contributed by atoms with Crippen molar-refractivity contribution < 1.29 is 9.18 Å². The van der Waals surface area contributed by atoms with Crippen molar-refractivity contribution >= 4 is 12.0 Å². The van der Waals surface area contributed by atoms with Crippen molar-refractivity contribution in [2.24, 2.45) is 0 Å². The zero-order chi connectivity index (χ0) is 17.9. The lowest BCUT2D eigenvalue weighted by Gasteiger charge is -2.33. The summed E-state index contributed by atoms with van der Waals surface area (Å²) in [5.74, 6) is 0.751. The van der Waals surface area contributed by atoms with Crippen molar-refractivity contribution in [3.8, 4) is 0 Å². The molecule has 1 saturated carbocycles. The molecule has 2 heterocycles. The Labute approximate surface area is 151 Å². The summed E-state index contributed by atoms with van der Waals surface area (Å²) in [6, 6.07) is 8.37. The number of halogens is 1. The Balaban J connectivity index is 1.27. The van der Waals surface area contributed by atoms with E-state index in [2.05, 4.69) is 25.5 Å². The summed E-state index contributed by atoms with van der Waals surface area (Å²) in [5.41, 5.74) is 1.07. The van der Waals surface area contributed by atoms with Crippen molar-refractivity contribution in [1.29, 1.82) is 0 Å². The molecule has 2 N–H and O–H groups in total. The first kappa shape index (κ1) is 16.8. The molecule has 0 bridgehead atoms. The maximum atomic E-state index is 13.0. The lowest BCUT2D eigenvalue weighted by molar-refractivity contribution is 0.234. The molecular formula is C19H22FN5O. The standard InChI is InChI=1S/C19H22FN5O/c20-14-6-4-13(5-7-14)16-11-17(16)24-19(26)23-15-3-1-10-25(12-15)18-21-8-2-9-22-18/h2,4-9,15-17H,1,3,10-12H2,(H2,23,24,26)/t15-,16+,17+/m1/s1. The summed E-state index contributed by atoms with van der Waals surface area (Å²) in [7, 11) is 0. The normalized spacial score (nSPS) is 24.8. The molecule has 2 amide bonds. The molecule has 2 aromatic rings.